The van der Waals surface area contributed by atoms with Gasteiger partial charge in [0.15, 0.2) is 0 Å². The molecule has 0 spiro atoms. The zero-order chi connectivity index (χ0) is 25.1. The zero-order valence-electron chi connectivity index (χ0n) is 19.0. The molecule has 2 N–H and O–H groups in total. The van der Waals surface area contributed by atoms with Crippen molar-refractivity contribution in [3.63, 3.8) is 0 Å². The minimum absolute atomic E-state index is 0.0439. The number of allylic oxidation sites excluding steroid dienone is 1. The Hall–Kier alpha value is -4.58. The summed E-state index contributed by atoms with van der Waals surface area (Å²) in [5.74, 6) is 0.761. The topological polar surface area (TPSA) is 141 Å². The fourth-order valence-electron chi connectivity index (χ4n) is 3.84. The number of anilines is 2. The fourth-order valence-corrected chi connectivity index (χ4v) is 4.62. The number of benzene rings is 1. The van der Waals surface area contributed by atoms with Crippen LogP contribution in [0.25, 0.3) is 0 Å². The molecule has 1 aromatic carbocycles. The van der Waals surface area contributed by atoms with Gasteiger partial charge < -0.3 is 10.6 Å². The van der Waals surface area contributed by atoms with Gasteiger partial charge in [0.05, 0.1) is 22.4 Å². The van der Waals surface area contributed by atoms with Crippen LogP contribution >= 0.6 is 11.8 Å². The Morgan fingerprint density at radius 1 is 1.14 bits per heavy atom. The molecule has 1 atom stereocenters. The molecule has 4 aromatic rings. The van der Waals surface area contributed by atoms with Crippen molar-refractivity contribution < 1.29 is 9.72 Å². The number of nitro groups is 1. The van der Waals surface area contributed by atoms with E-state index in [-0.39, 0.29) is 11.6 Å². The normalized spacial score (nSPS) is 14.6. The lowest BCUT2D eigenvalue weighted by molar-refractivity contribution is -0.384. The van der Waals surface area contributed by atoms with Crippen LogP contribution in [-0.4, -0.2) is 35.6 Å². The number of fused-ring (bicyclic) bond motifs is 1. The molecule has 12 heteroatoms. The van der Waals surface area contributed by atoms with Crippen molar-refractivity contribution in [2.24, 2.45) is 0 Å². The first-order valence-electron chi connectivity index (χ1n) is 10.9. The van der Waals surface area contributed by atoms with Gasteiger partial charge in [0.1, 0.15) is 6.04 Å². The van der Waals surface area contributed by atoms with Gasteiger partial charge in [-0.3, -0.25) is 24.9 Å². The van der Waals surface area contributed by atoms with Gasteiger partial charge in [-0.1, -0.05) is 23.9 Å². The summed E-state index contributed by atoms with van der Waals surface area (Å²) in [5.41, 5.74) is 3.52. The highest BCUT2D eigenvalue weighted by Gasteiger charge is 2.34. The lowest BCUT2D eigenvalue weighted by Gasteiger charge is -2.28. The molecule has 1 aliphatic rings. The summed E-state index contributed by atoms with van der Waals surface area (Å²) in [6, 6.07) is 13.1. The molecule has 36 heavy (non-hydrogen) atoms. The van der Waals surface area contributed by atoms with Gasteiger partial charge in [0.2, 0.25) is 11.1 Å². The van der Waals surface area contributed by atoms with E-state index in [1.165, 1.54) is 23.9 Å². The van der Waals surface area contributed by atoms with E-state index in [1.54, 1.807) is 53.7 Å². The van der Waals surface area contributed by atoms with E-state index in [1.807, 2.05) is 19.1 Å². The molecule has 3 aromatic heterocycles. The van der Waals surface area contributed by atoms with Gasteiger partial charge in [0, 0.05) is 42.2 Å². The van der Waals surface area contributed by atoms with Gasteiger partial charge >= 0.3 is 0 Å². The van der Waals surface area contributed by atoms with E-state index < -0.39 is 11.0 Å². The lowest BCUT2D eigenvalue weighted by Crippen LogP contribution is -2.31. The third kappa shape index (κ3) is 4.79. The number of nitrogens with zero attached hydrogens (tertiary/aromatic N) is 6. The number of thioether (sulfide) groups is 1. The summed E-state index contributed by atoms with van der Waals surface area (Å²) < 4.78 is 1.69. The van der Waals surface area contributed by atoms with Crippen LogP contribution in [-0.2, 0) is 10.5 Å². The number of hydrogen-bond donors (Lipinski definition) is 2. The summed E-state index contributed by atoms with van der Waals surface area (Å²) >= 11 is 1.40. The van der Waals surface area contributed by atoms with E-state index in [0.29, 0.717) is 33.8 Å². The molecule has 4 heterocycles. The van der Waals surface area contributed by atoms with Crippen molar-refractivity contribution in [3.05, 3.63) is 106 Å². The van der Waals surface area contributed by atoms with Gasteiger partial charge in [-0.05, 0) is 42.3 Å². The van der Waals surface area contributed by atoms with Gasteiger partial charge in [-0.25, -0.2) is 4.68 Å². The summed E-state index contributed by atoms with van der Waals surface area (Å²) in [7, 11) is 0. The highest BCUT2D eigenvalue weighted by Crippen LogP contribution is 2.36. The van der Waals surface area contributed by atoms with Crippen LogP contribution < -0.4 is 10.6 Å². The first-order valence-corrected chi connectivity index (χ1v) is 11.9. The maximum atomic E-state index is 13.4. The van der Waals surface area contributed by atoms with Crippen LogP contribution in [0.15, 0.2) is 89.7 Å². The molecular weight excluding hydrogens is 480 g/mol. The molecule has 0 bridgehead atoms. The lowest BCUT2D eigenvalue weighted by atomic mass is 9.96. The summed E-state index contributed by atoms with van der Waals surface area (Å²) in [6.07, 6.45) is 6.56. The Morgan fingerprint density at radius 3 is 2.61 bits per heavy atom. The second-order valence-electron chi connectivity index (χ2n) is 7.92. The number of non-ortho nitro benzene ring substituents is 1. The van der Waals surface area contributed by atoms with Crippen molar-refractivity contribution in [3.8, 4) is 0 Å². The number of carbonyl (C=O) groups excluding carboxylic acids is 1. The third-order valence-electron chi connectivity index (χ3n) is 5.53. The predicted octanol–water partition coefficient (Wildman–Crippen LogP) is 4.20. The predicted molar refractivity (Wildman–Crippen MR) is 134 cm³/mol. The Balaban J connectivity index is 1.43. The minimum atomic E-state index is -0.526. The molecule has 0 radical (unpaired) electrons. The van der Waals surface area contributed by atoms with Crippen LogP contribution in [0.1, 0.15) is 24.1 Å². The molecule has 0 aliphatic carbocycles. The highest BCUT2D eigenvalue weighted by molar-refractivity contribution is 7.98. The first kappa shape index (κ1) is 23.2. The summed E-state index contributed by atoms with van der Waals surface area (Å²) in [4.78, 5) is 36.6. The Bertz CT molecular complexity index is 1440. The fraction of sp³-hybridized carbons (Fsp3) is 0.125. The monoisotopic (exact) mass is 500 g/mol. The Morgan fingerprint density at radius 2 is 1.92 bits per heavy atom. The molecule has 1 unspecified atom stereocenters. The van der Waals surface area contributed by atoms with Crippen molar-refractivity contribution in [2.45, 2.75) is 23.9 Å². The van der Waals surface area contributed by atoms with Gasteiger partial charge in [0.25, 0.3) is 11.6 Å². The van der Waals surface area contributed by atoms with Gasteiger partial charge in [-0.15, -0.1) is 5.10 Å². The van der Waals surface area contributed by atoms with E-state index in [2.05, 4.69) is 25.6 Å². The zero-order valence-corrected chi connectivity index (χ0v) is 19.8. The van der Waals surface area contributed by atoms with E-state index >= 15 is 0 Å². The molecule has 5 rings (SSSR count). The van der Waals surface area contributed by atoms with E-state index in [0.717, 1.165) is 11.1 Å². The average Bonchev–Trinajstić information content (AvgIpc) is 3.30. The average molecular weight is 501 g/mol. The molecule has 1 amide bonds. The largest absolute Gasteiger partial charge is 0.328 e. The standard InChI is InChI=1S/C24H20N8O3S/c1-15-20(22(33)28-18-3-2-10-26-13-18)21(17-8-11-25-12-9-17)31-23(27-15)29-24(30-31)36-14-16-4-6-19(7-5-16)32(34)35/h2-13,21H,14H2,1H3,(H,28,33)(H,27,29,30). The molecule has 11 nitrogen and oxygen atoms in total. The number of pyridine rings is 2. The van der Waals surface area contributed by atoms with Crippen LogP contribution in [0.5, 0.6) is 0 Å². The maximum Gasteiger partial charge on any atom is 0.269 e. The summed E-state index contributed by atoms with van der Waals surface area (Å²) in [6.45, 7) is 1.83. The van der Waals surface area contributed by atoms with Crippen LogP contribution in [0.3, 0.4) is 0 Å². The second-order valence-corrected chi connectivity index (χ2v) is 8.86. The van der Waals surface area contributed by atoms with Crippen molar-refractivity contribution in [1.29, 1.82) is 0 Å². The van der Waals surface area contributed by atoms with Crippen LogP contribution in [0, 0.1) is 10.1 Å². The number of hydrogen-bond acceptors (Lipinski definition) is 9. The second kappa shape index (κ2) is 9.96. The van der Waals surface area contributed by atoms with Crippen LogP contribution in [0.4, 0.5) is 17.3 Å². The third-order valence-corrected chi connectivity index (χ3v) is 6.44. The molecule has 180 valence electrons. The molecule has 1 aliphatic heterocycles. The van der Waals surface area contributed by atoms with Crippen molar-refractivity contribution in [2.75, 3.05) is 10.6 Å². The number of nitrogens with one attached hydrogen (secondary N) is 2. The maximum absolute atomic E-state index is 13.4. The number of aromatic nitrogens is 5. The number of carbonyl (C=O) groups is 1. The number of amides is 1. The molecule has 0 saturated heterocycles. The summed E-state index contributed by atoms with van der Waals surface area (Å²) in [5, 5.41) is 22.2. The SMILES string of the molecule is CC1=C(C(=O)Nc2cccnc2)C(c2ccncc2)n2nc(SCc3ccc([N+](=O)[O-])cc3)nc2N1. The molecule has 0 fully saturated rings. The Kier molecular flexibility index (Phi) is 6.41. The number of nitro benzene ring substituents is 1. The highest BCUT2D eigenvalue weighted by atomic mass is 32.2. The number of rotatable bonds is 7. The molecular formula is C24H20N8O3S. The first-order chi connectivity index (χ1) is 17.5. The van der Waals surface area contributed by atoms with E-state index in [4.69, 9.17) is 5.10 Å². The van der Waals surface area contributed by atoms with Crippen molar-refractivity contribution in [1.82, 2.24) is 24.7 Å². The van der Waals surface area contributed by atoms with Gasteiger partial charge in [-0.2, -0.15) is 4.98 Å². The van der Waals surface area contributed by atoms with Crippen LogP contribution in [0.2, 0.25) is 0 Å². The minimum Gasteiger partial charge on any atom is -0.328 e. The Labute approximate surface area is 209 Å². The smallest absolute Gasteiger partial charge is 0.269 e. The quantitative estimate of drug-likeness (QED) is 0.217. The van der Waals surface area contributed by atoms with E-state index in [9.17, 15) is 14.9 Å². The molecule has 0 saturated carbocycles. The van der Waals surface area contributed by atoms with Crippen molar-refractivity contribution >= 4 is 35.0 Å².